The van der Waals surface area contributed by atoms with E-state index in [-0.39, 0.29) is 5.82 Å². The summed E-state index contributed by atoms with van der Waals surface area (Å²) in [6.07, 6.45) is 2.57. The van der Waals surface area contributed by atoms with Crippen molar-refractivity contribution in [1.82, 2.24) is 10.2 Å². The molecule has 0 bridgehead atoms. The number of thiocarbonyl (C=S) groups is 1. The maximum atomic E-state index is 13.0. The van der Waals surface area contributed by atoms with Crippen LogP contribution >= 0.6 is 12.2 Å². The normalized spacial score (nSPS) is 22.0. The highest BCUT2D eigenvalue weighted by atomic mass is 32.1. The fraction of sp³-hybridized carbons (Fsp3) is 0.562. The van der Waals surface area contributed by atoms with E-state index in [2.05, 4.69) is 15.1 Å². The first-order valence-electron chi connectivity index (χ1n) is 7.87. The Hall–Kier alpha value is -1.40. The van der Waals surface area contributed by atoms with Crippen molar-refractivity contribution in [2.45, 2.75) is 18.9 Å². The van der Waals surface area contributed by atoms with Gasteiger partial charge in [-0.25, -0.2) is 4.39 Å². The van der Waals surface area contributed by atoms with Crippen molar-refractivity contribution < 1.29 is 9.13 Å². The number of piperazine rings is 1. The lowest BCUT2D eigenvalue weighted by atomic mass is 10.2. The zero-order chi connectivity index (χ0) is 15.4. The number of nitrogens with zero attached hydrogens (tertiary/aromatic N) is 2. The van der Waals surface area contributed by atoms with Crippen LogP contribution in [0.4, 0.5) is 10.1 Å². The highest BCUT2D eigenvalue weighted by molar-refractivity contribution is 7.80. The molecule has 2 heterocycles. The number of rotatable bonds is 3. The molecule has 4 nitrogen and oxygen atoms in total. The summed E-state index contributed by atoms with van der Waals surface area (Å²) in [6.45, 7) is 5.23. The van der Waals surface area contributed by atoms with Gasteiger partial charge in [-0.3, -0.25) is 0 Å². The first kappa shape index (κ1) is 15.5. The van der Waals surface area contributed by atoms with Gasteiger partial charge in [0.05, 0.1) is 6.10 Å². The second-order valence-electron chi connectivity index (χ2n) is 5.77. The zero-order valence-electron chi connectivity index (χ0n) is 12.6. The van der Waals surface area contributed by atoms with E-state index >= 15 is 0 Å². The van der Waals surface area contributed by atoms with Gasteiger partial charge >= 0.3 is 0 Å². The summed E-state index contributed by atoms with van der Waals surface area (Å²) in [6, 6.07) is 6.68. The SMILES string of the molecule is Fc1ccc(N2CCN(C(=S)NC[C@H]3CCCO3)CC2)cc1. The van der Waals surface area contributed by atoms with Crippen LogP contribution in [0.15, 0.2) is 24.3 Å². The van der Waals surface area contributed by atoms with Gasteiger partial charge in [-0.15, -0.1) is 0 Å². The molecule has 22 heavy (non-hydrogen) atoms. The fourth-order valence-corrected chi connectivity index (χ4v) is 3.20. The molecule has 1 N–H and O–H groups in total. The summed E-state index contributed by atoms with van der Waals surface area (Å²) >= 11 is 5.47. The second-order valence-corrected chi connectivity index (χ2v) is 6.16. The summed E-state index contributed by atoms with van der Waals surface area (Å²) < 4.78 is 18.6. The standard InChI is InChI=1S/C16H22FN3OS/c17-13-3-5-14(6-4-13)19-7-9-20(10-8-19)16(22)18-12-15-2-1-11-21-15/h3-6,15H,1-2,7-12H2,(H,18,22)/t15-/m1/s1. The quantitative estimate of drug-likeness (QED) is 0.859. The Morgan fingerprint density at radius 2 is 1.95 bits per heavy atom. The number of halogens is 1. The van der Waals surface area contributed by atoms with Gasteiger partial charge < -0.3 is 19.9 Å². The number of anilines is 1. The van der Waals surface area contributed by atoms with Crippen LogP contribution in [0.3, 0.4) is 0 Å². The molecule has 0 spiro atoms. The molecule has 0 saturated carbocycles. The molecule has 0 unspecified atom stereocenters. The molecule has 2 fully saturated rings. The number of benzene rings is 1. The van der Waals surface area contributed by atoms with E-state index in [0.29, 0.717) is 6.10 Å². The molecule has 2 aliphatic rings. The minimum absolute atomic E-state index is 0.193. The van der Waals surface area contributed by atoms with Gasteiger partial charge in [-0.05, 0) is 49.3 Å². The molecule has 0 aromatic heterocycles. The van der Waals surface area contributed by atoms with Crippen LogP contribution in [0.2, 0.25) is 0 Å². The Kier molecular flexibility index (Phi) is 5.10. The maximum absolute atomic E-state index is 13.0. The van der Waals surface area contributed by atoms with Gasteiger partial charge in [-0.2, -0.15) is 0 Å². The van der Waals surface area contributed by atoms with Crippen molar-refractivity contribution in [3.63, 3.8) is 0 Å². The first-order chi connectivity index (χ1) is 10.7. The van der Waals surface area contributed by atoms with E-state index in [1.165, 1.54) is 12.1 Å². The molecule has 0 amide bonds. The Morgan fingerprint density at radius 1 is 1.23 bits per heavy atom. The first-order valence-corrected chi connectivity index (χ1v) is 8.28. The molecular formula is C16H22FN3OS. The van der Waals surface area contributed by atoms with Gasteiger partial charge in [0, 0.05) is 45.0 Å². The van der Waals surface area contributed by atoms with Crippen molar-refractivity contribution in [3.8, 4) is 0 Å². The van der Waals surface area contributed by atoms with Crippen LogP contribution in [0.5, 0.6) is 0 Å². The number of hydrogen-bond donors (Lipinski definition) is 1. The molecule has 2 saturated heterocycles. The monoisotopic (exact) mass is 323 g/mol. The van der Waals surface area contributed by atoms with E-state index < -0.39 is 0 Å². The second kappa shape index (κ2) is 7.24. The van der Waals surface area contributed by atoms with Gasteiger partial charge in [-0.1, -0.05) is 0 Å². The van der Waals surface area contributed by atoms with Gasteiger partial charge in [0.1, 0.15) is 5.82 Å². The maximum Gasteiger partial charge on any atom is 0.169 e. The van der Waals surface area contributed by atoms with Crippen molar-refractivity contribution in [1.29, 1.82) is 0 Å². The third-order valence-corrected chi connectivity index (χ3v) is 4.67. The van der Waals surface area contributed by atoms with E-state index in [9.17, 15) is 4.39 Å². The van der Waals surface area contributed by atoms with E-state index in [4.69, 9.17) is 17.0 Å². The van der Waals surface area contributed by atoms with Crippen LogP contribution in [-0.2, 0) is 4.74 Å². The van der Waals surface area contributed by atoms with Gasteiger partial charge in [0.15, 0.2) is 5.11 Å². The molecule has 2 aliphatic heterocycles. The zero-order valence-corrected chi connectivity index (χ0v) is 13.4. The Balaban J connectivity index is 1.44. The summed E-state index contributed by atoms with van der Waals surface area (Å²) in [7, 11) is 0. The average molecular weight is 323 g/mol. The van der Waals surface area contributed by atoms with Crippen LogP contribution < -0.4 is 10.2 Å². The van der Waals surface area contributed by atoms with Crippen molar-refractivity contribution in [3.05, 3.63) is 30.1 Å². The Bertz CT molecular complexity index is 497. The lowest BCUT2D eigenvalue weighted by Gasteiger charge is -2.37. The topological polar surface area (TPSA) is 27.7 Å². The Morgan fingerprint density at radius 3 is 2.59 bits per heavy atom. The summed E-state index contributed by atoms with van der Waals surface area (Å²) in [5.74, 6) is -0.193. The van der Waals surface area contributed by atoms with Crippen LogP contribution in [0, 0.1) is 5.82 Å². The molecule has 0 radical (unpaired) electrons. The van der Waals surface area contributed by atoms with Crippen LogP contribution in [-0.4, -0.2) is 55.4 Å². The molecular weight excluding hydrogens is 301 g/mol. The summed E-state index contributed by atoms with van der Waals surface area (Å²) in [4.78, 5) is 4.46. The van der Waals surface area contributed by atoms with Gasteiger partial charge in [0.25, 0.3) is 0 Å². The molecule has 1 aromatic rings. The predicted octanol–water partition coefficient (Wildman–Crippen LogP) is 2.00. The highest BCUT2D eigenvalue weighted by Crippen LogP contribution is 2.17. The lowest BCUT2D eigenvalue weighted by molar-refractivity contribution is 0.113. The molecule has 3 rings (SSSR count). The molecule has 1 aromatic carbocycles. The molecule has 1 atom stereocenters. The van der Waals surface area contributed by atoms with Crippen molar-refractivity contribution >= 4 is 23.0 Å². The van der Waals surface area contributed by atoms with Crippen molar-refractivity contribution in [2.24, 2.45) is 0 Å². The number of ether oxygens (including phenoxy) is 1. The smallest absolute Gasteiger partial charge is 0.169 e. The van der Waals surface area contributed by atoms with E-state index in [0.717, 1.165) is 63.0 Å². The highest BCUT2D eigenvalue weighted by Gasteiger charge is 2.21. The molecule has 0 aliphatic carbocycles. The van der Waals surface area contributed by atoms with Crippen LogP contribution in [0.25, 0.3) is 0 Å². The summed E-state index contributed by atoms with van der Waals surface area (Å²) in [5.41, 5.74) is 1.07. The predicted molar refractivity (Wildman–Crippen MR) is 89.8 cm³/mol. The molecule has 120 valence electrons. The fourth-order valence-electron chi connectivity index (χ4n) is 2.94. The largest absolute Gasteiger partial charge is 0.376 e. The lowest BCUT2D eigenvalue weighted by Crippen LogP contribution is -2.52. The van der Waals surface area contributed by atoms with Gasteiger partial charge in [0.2, 0.25) is 0 Å². The molecule has 6 heteroatoms. The third-order valence-electron chi connectivity index (χ3n) is 4.26. The van der Waals surface area contributed by atoms with Crippen molar-refractivity contribution in [2.75, 3.05) is 44.2 Å². The number of nitrogens with one attached hydrogen (secondary N) is 1. The van der Waals surface area contributed by atoms with Crippen LogP contribution in [0.1, 0.15) is 12.8 Å². The summed E-state index contributed by atoms with van der Waals surface area (Å²) in [5, 5.41) is 4.13. The van der Waals surface area contributed by atoms with E-state index in [1.807, 2.05) is 12.1 Å². The number of hydrogen-bond acceptors (Lipinski definition) is 3. The van der Waals surface area contributed by atoms with E-state index in [1.54, 1.807) is 0 Å². The average Bonchev–Trinajstić information content (AvgIpc) is 3.07. The minimum atomic E-state index is -0.193. The minimum Gasteiger partial charge on any atom is -0.376 e. The third kappa shape index (κ3) is 3.87. The Labute approximate surface area is 136 Å².